The van der Waals surface area contributed by atoms with Gasteiger partial charge in [0, 0.05) is 11.1 Å². The summed E-state index contributed by atoms with van der Waals surface area (Å²) in [5.74, 6) is -1.14. The highest BCUT2D eigenvalue weighted by Gasteiger charge is 2.27. The molecular weight excluding hydrogens is 456 g/mol. The van der Waals surface area contributed by atoms with Gasteiger partial charge < -0.3 is 14.8 Å². The first kappa shape index (κ1) is 25.9. The summed E-state index contributed by atoms with van der Waals surface area (Å²) in [6, 6.07) is 5.65. The minimum Gasteiger partial charge on any atom is -0.466 e. The van der Waals surface area contributed by atoms with E-state index in [9.17, 15) is 9.59 Å². The van der Waals surface area contributed by atoms with Crippen LogP contribution in [-0.4, -0.2) is 24.3 Å². The third-order valence-electron chi connectivity index (χ3n) is 4.50. The molecule has 0 aliphatic carbocycles. The summed E-state index contributed by atoms with van der Waals surface area (Å²) in [6.45, 7) is 10.4. The second-order valence-corrected chi connectivity index (χ2v) is 9.32. The number of halogens is 3. The molecule has 0 aliphatic rings. The maximum absolute atomic E-state index is 15.2. The molecular formula is C24H28Cl2FNO4. The van der Waals surface area contributed by atoms with Gasteiger partial charge in [0.25, 0.3) is 0 Å². The first-order chi connectivity index (χ1) is 14.8. The SMILES string of the molecule is CCOC(=O)C[C@H](NC(=O)OC(C)(C)C)c1cc(-c2c(Cl)cc(C)cc2Cl)cc(C)c1F. The predicted molar refractivity (Wildman–Crippen MR) is 125 cm³/mol. The monoisotopic (exact) mass is 483 g/mol. The number of rotatable bonds is 6. The second-order valence-electron chi connectivity index (χ2n) is 8.51. The molecule has 0 aliphatic heterocycles. The third-order valence-corrected chi connectivity index (χ3v) is 5.10. The van der Waals surface area contributed by atoms with Crippen molar-refractivity contribution >= 4 is 35.3 Å². The van der Waals surface area contributed by atoms with Crippen LogP contribution in [0.4, 0.5) is 9.18 Å². The number of amides is 1. The summed E-state index contributed by atoms with van der Waals surface area (Å²) in [7, 11) is 0. The average Bonchev–Trinajstić information content (AvgIpc) is 2.61. The van der Waals surface area contributed by atoms with E-state index in [-0.39, 0.29) is 18.6 Å². The largest absolute Gasteiger partial charge is 0.466 e. The fourth-order valence-corrected chi connectivity index (χ4v) is 4.06. The molecule has 0 saturated carbocycles. The maximum Gasteiger partial charge on any atom is 0.408 e. The summed E-state index contributed by atoms with van der Waals surface area (Å²) in [5.41, 5.74) is 1.63. The Morgan fingerprint density at radius 3 is 2.22 bits per heavy atom. The Morgan fingerprint density at radius 1 is 1.09 bits per heavy atom. The van der Waals surface area contributed by atoms with Gasteiger partial charge in [0.2, 0.25) is 0 Å². The van der Waals surface area contributed by atoms with E-state index in [0.29, 0.717) is 26.7 Å². The summed E-state index contributed by atoms with van der Waals surface area (Å²) in [5, 5.41) is 3.42. The quantitative estimate of drug-likeness (QED) is 0.452. The molecule has 0 radical (unpaired) electrons. The van der Waals surface area contributed by atoms with Gasteiger partial charge >= 0.3 is 12.1 Å². The fraction of sp³-hybridized carbons (Fsp3) is 0.417. The van der Waals surface area contributed by atoms with Gasteiger partial charge in [-0.3, -0.25) is 4.79 Å². The summed E-state index contributed by atoms with van der Waals surface area (Å²) < 4.78 is 25.5. The molecule has 0 aromatic heterocycles. The molecule has 1 amide bonds. The van der Waals surface area contributed by atoms with Crippen molar-refractivity contribution in [2.45, 2.75) is 59.6 Å². The van der Waals surface area contributed by atoms with E-state index in [2.05, 4.69) is 5.32 Å². The van der Waals surface area contributed by atoms with E-state index in [1.54, 1.807) is 52.8 Å². The van der Waals surface area contributed by atoms with Crippen molar-refractivity contribution in [1.29, 1.82) is 0 Å². The third kappa shape index (κ3) is 6.84. The molecule has 0 spiro atoms. The van der Waals surface area contributed by atoms with Gasteiger partial charge in [0.05, 0.1) is 29.1 Å². The van der Waals surface area contributed by atoms with E-state index < -0.39 is 29.5 Å². The van der Waals surface area contributed by atoms with Crippen LogP contribution in [0.5, 0.6) is 0 Å². The van der Waals surface area contributed by atoms with Crippen molar-refractivity contribution in [3.05, 3.63) is 56.8 Å². The zero-order chi connectivity index (χ0) is 24.2. The number of carbonyl (C=O) groups excluding carboxylic acids is 2. The number of ether oxygens (including phenoxy) is 2. The van der Waals surface area contributed by atoms with Crippen molar-refractivity contribution in [3.63, 3.8) is 0 Å². The minimum atomic E-state index is -1.02. The number of carbonyl (C=O) groups is 2. The van der Waals surface area contributed by atoms with Crippen molar-refractivity contribution in [3.8, 4) is 11.1 Å². The highest BCUT2D eigenvalue weighted by Crippen LogP contribution is 2.38. The highest BCUT2D eigenvalue weighted by molar-refractivity contribution is 6.39. The number of alkyl carbamates (subject to hydrolysis) is 1. The Kier molecular flexibility index (Phi) is 8.54. The van der Waals surface area contributed by atoms with Crippen molar-refractivity contribution in [1.82, 2.24) is 5.32 Å². The van der Waals surface area contributed by atoms with Crippen LogP contribution in [0.25, 0.3) is 11.1 Å². The molecule has 32 heavy (non-hydrogen) atoms. The molecule has 2 rings (SSSR count). The summed E-state index contributed by atoms with van der Waals surface area (Å²) in [4.78, 5) is 24.6. The molecule has 5 nitrogen and oxygen atoms in total. The van der Waals surface area contributed by atoms with Gasteiger partial charge in [-0.2, -0.15) is 0 Å². The molecule has 0 heterocycles. The molecule has 0 bridgehead atoms. The summed E-state index contributed by atoms with van der Waals surface area (Å²) >= 11 is 12.9. The van der Waals surface area contributed by atoms with Crippen LogP contribution >= 0.6 is 23.2 Å². The van der Waals surface area contributed by atoms with Gasteiger partial charge in [0.1, 0.15) is 11.4 Å². The number of hydrogen-bond donors (Lipinski definition) is 1. The highest BCUT2D eigenvalue weighted by atomic mass is 35.5. The number of esters is 1. The van der Waals surface area contributed by atoms with Gasteiger partial charge in [0.15, 0.2) is 0 Å². The van der Waals surface area contributed by atoms with Crippen LogP contribution < -0.4 is 5.32 Å². The van der Waals surface area contributed by atoms with Crippen molar-refractivity contribution in [2.24, 2.45) is 0 Å². The Morgan fingerprint density at radius 2 is 1.69 bits per heavy atom. The molecule has 0 saturated heterocycles. The van der Waals surface area contributed by atoms with Crippen LogP contribution in [0, 0.1) is 19.7 Å². The van der Waals surface area contributed by atoms with Crippen LogP contribution in [0.15, 0.2) is 24.3 Å². The normalized spacial score (nSPS) is 12.3. The molecule has 0 unspecified atom stereocenters. The van der Waals surface area contributed by atoms with E-state index in [4.69, 9.17) is 32.7 Å². The van der Waals surface area contributed by atoms with Crippen LogP contribution in [-0.2, 0) is 14.3 Å². The molecule has 1 N–H and O–H groups in total. The van der Waals surface area contributed by atoms with Crippen molar-refractivity contribution < 1.29 is 23.5 Å². The molecule has 8 heteroatoms. The lowest BCUT2D eigenvalue weighted by molar-refractivity contribution is -0.143. The molecule has 0 fully saturated rings. The second kappa shape index (κ2) is 10.5. The topological polar surface area (TPSA) is 64.6 Å². The Balaban J connectivity index is 2.57. The van der Waals surface area contributed by atoms with Gasteiger partial charge in [-0.15, -0.1) is 0 Å². The number of hydrogen-bond acceptors (Lipinski definition) is 4. The van der Waals surface area contributed by atoms with Crippen molar-refractivity contribution in [2.75, 3.05) is 6.61 Å². The van der Waals surface area contributed by atoms with E-state index >= 15 is 4.39 Å². The van der Waals surface area contributed by atoms with E-state index in [1.165, 1.54) is 6.07 Å². The lowest BCUT2D eigenvalue weighted by Crippen LogP contribution is -2.36. The minimum absolute atomic E-state index is 0.103. The lowest BCUT2D eigenvalue weighted by Gasteiger charge is -2.24. The average molecular weight is 484 g/mol. The smallest absolute Gasteiger partial charge is 0.408 e. The van der Waals surface area contributed by atoms with Gasteiger partial charge in [-0.1, -0.05) is 23.2 Å². The zero-order valence-corrected chi connectivity index (χ0v) is 20.6. The Labute approximate surface area is 198 Å². The molecule has 2 aromatic rings. The first-order valence-corrected chi connectivity index (χ1v) is 11.0. The van der Waals surface area contributed by atoms with Gasteiger partial charge in [-0.05, 0) is 82.5 Å². The van der Waals surface area contributed by atoms with E-state index in [1.807, 2.05) is 6.92 Å². The first-order valence-electron chi connectivity index (χ1n) is 10.2. The summed E-state index contributed by atoms with van der Waals surface area (Å²) in [6.07, 6.45) is -1.05. The Bertz CT molecular complexity index is 995. The molecule has 2 aromatic carbocycles. The number of nitrogens with one attached hydrogen (secondary N) is 1. The molecule has 1 atom stereocenters. The van der Waals surface area contributed by atoms with Crippen LogP contribution in [0.1, 0.15) is 56.8 Å². The predicted octanol–water partition coefficient (Wildman–Crippen LogP) is 6.94. The maximum atomic E-state index is 15.2. The lowest BCUT2D eigenvalue weighted by atomic mass is 9.94. The Hall–Kier alpha value is -2.31. The zero-order valence-electron chi connectivity index (χ0n) is 19.1. The standard InChI is InChI=1S/C24H28Cl2FNO4/c1-7-31-20(29)12-19(28-23(30)32-24(4,5)6)16-11-15(10-14(3)22(16)27)21-17(25)8-13(2)9-18(21)26/h8-11,19H,7,12H2,1-6H3,(H,28,30)/t19-/m0/s1. The van der Waals surface area contributed by atoms with Gasteiger partial charge in [-0.25, -0.2) is 9.18 Å². The van der Waals surface area contributed by atoms with Crippen LogP contribution in [0.2, 0.25) is 10.0 Å². The van der Waals surface area contributed by atoms with Crippen LogP contribution in [0.3, 0.4) is 0 Å². The molecule has 174 valence electrons. The fourth-order valence-electron chi connectivity index (χ4n) is 3.25. The number of aryl methyl sites for hydroxylation is 2. The number of benzene rings is 2. The van der Waals surface area contributed by atoms with E-state index in [0.717, 1.165) is 5.56 Å².